The van der Waals surface area contributed by atoms with Crippen LogP contribution in [0.2, 0.25) is 5.02 Å². The van der Waals surface area contributed by atoms with Crippen LogP contribution in [-0.4, -0.2) is 12.4 Å². The molecule has 1 atom stereocenters. The molecule has 0 fully saturated rings. The summed E-state index contributed by atoms with van der Waals surface area (Å²) in [7, 11) is 0. The van der Waals surface area contributed by atoms with Gasteiger partial charge in [-0.05, 0) is 31.5 Å². The SMILES string of the molecule is CCCC(C)Oc1ccc(C=O)cc1Cl. The van der Waals surface area contributed by atoms with E-state index in [1.54, 1.807) is 18.2 Å². The normalized spacial score (nSPS) is 12.2. The molecule has 0 amide bonds. The van der Waals surface area contributed by atoms with Gasteiger partial charge < -0.3 is 4.74 Å². The zero-order chi connectivity index (χ0) is 11.3. The molecule has 0 saturated heterocycles. The summed E-state index contributed by atoms with van der Waals surface area (Å²) in [5, 5.41) is 0.488. The van der Waals surface area contributed by atoms with Gasteiger partial charge in [-0.1, -0.05) is 24.9 Å². The summed E-state index contributed by atoms with van der Waals surface area (Å²) in [6.07, 6.45) is 2.98. The predicted molar refractivity (Wildman–Crippen MR) is 61.8 cm³/mol. The number of carbonyl (C=O) groups excluding carboxylic acids is 1. The van der Waals surface area contributed by atoms with Crippen LogP contribution in [-0.2, 0) is 0 Å². The Kier molecular flexibility index (Phi) is 4.63. The van der Waals surface area contributed by atoms with Gasteiger partial charge in [0, 0.05) is 5.56 Å². The van der Waals surface area contributed by atoms with E-state index < -0.39 is 0 Å². The fraction of sp³-hybridized carbons (Fsp3) is 0.417. The summed E-state index contributed by atoms with van der Waals surface area (Å²) in [5.41, 5.74) is 0.565. The summed E-state index contributed by atoms with van der Waals surface area (Å²) < 4.78 is 5.64. The number of carbonyl (C=O) groups is 1. The maximum absolute atomic E-state index is 10.5. The molecule has 3 heteroatoms. The van der Waals surface area contributed by atoms with Crippen LogP contribution in [0.25, 0.3) is 0 Å². The number of hydrogen-bond acceptors (Lipinski definition) is 2. The smallest absolute Gasteiger partial charge is 0.150 e. The average molecular weight is 227 g/mol. The highest BCUT2D eigenvalue weighted by Crippen LogP contribution is 2.26. The van der Waals surface area contributed by atoms with Crippen LogP contribution in [0.4, 0.5) is 0 Å². The second-order valence-electron chi connectivity index (χ2n) is 3.52. The molecule has 0 saturated carbocycles. The number of aldehydes is 1. The molecule has 0 radical (unpaired) electrons. The summed E-state index contributed by atoms with van der Waals surface area (Å²) in [4.78, 5) is 10.5. The fourth-order valence-corrected chi connectivity index (χ4v) is 1.60. The standard InChI is InChI=1S/C12H15ClO2/c1-3-4-9(2)15-12-6-5-10(8-14)7-11(12)13/h5-9H,3-4H2,1-2H3. The summed E-state index contributed by atoms with van der Waals surface area (Å²) in [5.74, 6) is 0.642. The van der Waals surface area contributed by atoms with Crippen molar-refractivity contribution < 1.29 is 9.53 Å². The van der Waals surface area contributed by atoms with Crippen molar-refractivity contribution in [2.45, 2.75) is 32.8 Å². The number of ether oxygens (including phenoxy) is 1. The van der Waals surface area contributed by atoms with Crippen LogP contribution >= 0.6 is 11.6 Å². The zero-order valence-electron chi connectivity index (χ0n) is 9.00. The van der Waals surface area contributed by atoms with E-state index in [9.17, 15) is 4.79 Å². The van der Waals surface area contributed by atoms with Gasteiger partial charge in [0.1, 0.15) is 12.0 Å². The Morgan fingerprint density at radius 1 is 1.53 bits per heavy atom. The molecule has 0 heterocycles. The van der Waals surface area contributed by atoms with E-state index in [4.69, 9.17) is 16.3 Å². The summed E-state index contributed by atoms with van der Waals surface area (Å²) in [6, 6.07) is 5.05. The van der Waals surface area contributed by atoms with Gasteiger partial charge in [0.15, 0.2) is 0 Å². The van der Waals surface area contributed by atoms with Crippen LogP contribution in [0.5, 0.6) is 5.75 Å². The van der Waals surface area contributed by atoms with Crippen molar-refractivity contribution >= 4 is 17.9 Å². The van der Waals surface area contributed by atoms with Crippen LogP contribution in [0, 0.1) is 0 Å². The van der Waals surface area contributed by atoms with Gasteiger partial charge in [0.2, 0.25) is 0 Å². The van der Waals surface area contributed by atoms with Crippen molar-refractivity contribution in [3.05, 3.63) is 28.8 Å². The van der Waals surface area contributed by atoms with E-state index in [0.717, 1.165) is 19.1 Å². The molecule has 0 N–H and O–H groups in total. The van der Waals surface area contributed by atoms with E-state index in [2.05, 4.69) is 6.92 Å². The van der Waals surface area contributed by atoms with E-state index in [1.807, 2.05) is 6.92 Å². The molecule has 15 heavy (non-hydrogen) atoms. The Balaban J connectivity index is 2.73. The quantitative estimate of drug-likeness (QED) is 0.716. The maximum atomic E-state index is 10.5. The largest absolute Gasteiger partial charge is 0.489 e. The van der Waals surface area contributed by atoms with Crippen molar-refractivity contribution in [1.82, 2.24) is 0 Å². The van der Waals surface area contributed by atoms with Crippen molar-refractivity contribution in [2.75, 3.05) is 0 Å². The first-order valence-corrected chi connectivity index (χ1v) is 5.46. The van der Waals surface area contributed by atoms with Crippen molar-refractivity contribution in [2.24, 2.45) is 0 Å². The molecule has 1 rings (SSSR count). The van der Waals surface area contributed by atoms with Gasteiger partial charge in [-0.3, -0.25) is 4.79 Å². The minimum absolute atomic E-state index is 0.148. The lowest BCUT2D eigenvalue weighted by molar-refractivity contribution is 0.112. The van der Waals surface area contributed by atoms with Crippen molar-refractivity contribution in [3.8, 4) is 5.75 Å². The lowest BCUT2D eigenvalue weighted by Crippen LogP contribution is -2.11. The average Bonchev–Trinajstić information content (AvgIpc) is 2.21. The highest BCUT2D eigenvalue weighted by Gasteiger charge is 2.07. The first kappa shape index (κ1) is 12.1. The molecule has 1 aromatic rings. The Bertz CT molecular complexity index is 336. The molecule has 0 aliphatic carbocycles. The minimum atomic E-state index is 0.148. The van der Waals surface area contributed by atoms with Gasteiger partial charge in [0.05, 0.1) is 11.1 Å². The number of rotatable bonds is 5. The van der Waals surface area contributed by atoms with Crippen LogP contribution in [0.3, 0.4) is 0 Å². The highest BCUT2D eigenvalue weighted by molar-refractivity contribution is 6.32. The van der Waals surface area contributed by atoms with Gasteiger partial charge in [0.25, 0.3) is 0 Å². The highest BCUT2D eigenvalue weighted by atomic mass is 35.5. The Morgan fingerprint density at radius 2 is 2.27 bits per heavy atom. The van der Waals surface area contributed by atoms with E-state index in [0.29, 0.717) is 16.3 Å². The molecule has 0 bridgehead atoms. The zero-order valence-corrected chi connectivity index (χ0v) is 9.75. The third kappa shape index (κ3) is 3.56. The molecule has 1 aromatic carbocycles. The van der Waals surface area contributed by atoms with Crippen molar-refractivity contribution in [3.63, 3.8) is 0 Å². The molecule has 82 valence electrons. The molecule has 2 nitrogen and oxygen atoms in total. The Labute approximate surface area is 95.2 Å². The van der Waals surface area contributed by atoms with Gasteiger partial charge in [-0.15, -0.1) is 0 Å². The topological polar surface area (TPSA) is 26.3 Å². The van der Waals surface area contributed by atoms with E-state index >= 15 is 0 Å². The van der Waals surface area contributed by atoms with E-state index in [-0.39, 0.29) is 6.10 Å². The summed E-state index contributed by atoms with van der Waals surface area (Å²) >= 11 is 5.97. The second-order valence-corrected chi connectivity index (χ2v) is 3.93. The Hall–Kier alpha value is -1.02. The van der Waals surface area contributed by atoms with Gasteiger partial charge in [-0.2, -0.15) is 0 Å². The van der Waals surface area contributed by atoms with Crippen LogP contribution < -0.4 is 4.74 Å². The predicted octanol–water partition coefficient (Wildman–Crippen LogP) is 3.72. The molecule has 0 aliphatic rings. The van der Waals surface area contributed by atoms with Crippen LogP contribution in [0.1, 0.15) is 37.0 Å². The molecule has 0 spiro atoms. The van der Waals surface area contributed by atoms with Crippen molar-refractivity contribution in [1.29, 1.82) is 0 Å². The molecular weight excluding hydrogens is 212 g/mol. The van der Waals surface area contributed by atoms with Crippen LogP contribution in [0.15, 0.2) is 18.2 Å². The third-order valence-corrected chi connectivity index (χ3v) is 2.41. The number of benzene rings is 1. The Morgan fingerprint density at radius 3 is 2.80 bits per heavy atom. The van der Waals surface area contributed by atoms with Gasteiger partial charge >= 0.3 is 0 Å². The number of hydrogen-bond donors (Lipinski definition) is 0. The first-order valence-electron chi connectivity index (χ1n) is 5.08. The maximum Gasteiger partial charge on any atom is 0.150 e. The lowest BCUT2D eigenvalue weighted by Gasteiger charge is -2.14. The molecular formula is C12H15ClO2. The van der Waals surface area contributed by atoms with E-state index in [1.165, 1.54) is 0 Å². The monoisotopic (exact) mass is 226 g/mol. The minimum Gasteiger partial charge on any atom is -0.489 e. The lowest BCUT2D eigenvalue weighted by atomic mass is 10.2. The van der Waals surface area contributed by atoms with Gasteiger partial charge in [-0.25, -0.2) is 0 Å². The fourth-order valence-electron chi connectivity index (χ4n) is 1.37. The molecule has 0 aliphatic heterocycles. The molecule has 1 unspecified atom stereocenters. The third-order valence-electron chi connectivity index (χ3n) is 2.12. The summed E-state index contributed by atoms with van der Waals surface area (Å²) in [6.45, 7) is 4.12. The second kappa shape index (κ2) is 5.76. The number of halogens is 1. The first-order chi connectivity index (χ1) is 7.17. The molecule has 0 aromatic heterocycles.